The molecule has 0 spiro atoms. The Labute approximate surface area is 246 Å². The smallest absolute Gasteiger partial charge is 0.00262 e. The molecule has 0 saturated carbocycles. The second-order valence-electron chi connectivity index (χ2n) is 10.9. The Kier molecular flexibility index (Phi) is 5.90. The van der Waals surface area contributed by atoms with Crippen molar-refractivity contribution < 1.29 is 0 Å². The van der Waals surface area contributed by atoms with Gasteiger partial charge in [0, 0.05) is 0 Å². The Morgan fingerprint density at radius 3 is 1.40 bits per heavy atom. The van der Waals surface area contributed by atoms with E-state index >= 15 is 0 Å². The first kappa shape index (κ1) is 24.3. The maximum Gasteiger partial charge on any atom is -0.00262 e. The van der Waals surface area contributed by atoms with Gasteiger partial charge >= 0.3 is 0 Å². The van der Waals surface area contributed by atoms with Crippen LogP contribution in [0.4, 0.5) is 0 Å². The Balaban J connectivity index is 1.47. The van der Waals surface area contributed by atoms with Crippen LogP contribution in [0, 0.1) is 0 Å². The molecule has 0 aliphatic heterocycles. The highest BCUT2D eigenvalue weighted by Gasteiger charge is 2.18. The molecule has 8 rings (SSSR count). The Morgan fingerprint density at radius 1 is 0.238 bits per heavy atom. The SMILES string of the molecule is c1ccc(-c2c3ccccc3c(-c3ccccc3)c3cc(-c4ccccc4-c4cccc5ccccc45)ccc23)cc1. The summed E-state index contributed by atoms with van der Waals surface area (Å²) in [5, 5.41) is 7.62. The second kappa shape index (κ2) is 10.2. The third kappa shape index (κ3) is 4.00. The van der Waals surface area contributed by atoms with Gasteiger partial charge in [0.05, 0.1) is 0 Å². The molecular weight excluding hydrogens is 504 g/mol. The number of fused-ring (bicyclic) bond motifs is 3. The van der Waals surface area contributed by atoms with Crippen LogP contribution in [0.3, 0.4) is 0 Å². The molecule has 0 radical (unpaired) electrons. The van der Waals surface area contributed by atoms with Gasteiger partial charge in [-0.2, -0.15) is 0 Å². The van der Waals surface area contributed by atoms with E-state index in [9.17, 15) is 0 Å². The third-order valence-corrected chi connectivity index (χ3v) is 8.47. The van der Waals surface area contributed by atoms with Crippen molar-refractivity contribution in [3.63, 3.8) is 0 Å². The molecule has 0 aliphatic carbocycles. The van der Waals surface area contributed by atoms with Gasteiger partial charge in [0.1, 0.15) is 0 Å². The summed E-state index contributed by atoms with van der Waals surface area (Å²) in [5.74, 6) is 0. The van der Waals surface area contributed by atoms with E-state index in [0.717, 1.165) is 0 Å². The predicted molar refractivity (Wildman–Crippen MR) is 181 cm³/mol. The molecule has 42 heavy (non-hydrogen) atoms. The summed E-state index contributed by atoms with van der Waals surface area (Å²) in [6.07, 6.45) is 0. The molecule has 0 atom stereocenters. The van der Waals surface area contributed by atoms with Gasteiger partial charge in [0.15, 0.2) is 0 Å². The van der Waals surface area contributed by atoms with E-state index in [4.69, 9.17) is 0 Å². The van der Waals surface area contributed by atoms with E-state index in [-0.39, 0.29) is 0 Å². The summed E-state index contributed by atoms with van der Waals surface area (Å²) in [7, 11) is 0. The van der Waals surface area contributed by atoms with Gasteiger partial charge < -0.3 is 0 Å². The van der Waals surface area contributed by atoms with Crippen molar-refractivity contribution in [2.45, 2.75) is 0 Å². The van der Waals surface area contributed by atoms with Crippen LogP contribution in [0.5, 0.6) is 0 Å². The fourth-order valence-corrected chi connectivity index (χ4v) is 6.61. The summed E-state index contributed by atoms with van der Waals surface area (Å²) in [6, 6.07) is 61.7. The molecule has 0 nitrogen and oxygen atoms in total. The van der Waals surface area contributed by atoms with E-state index < -0.39 is 0 Å². The topological polar surface area (TPSA) is 0 Å². The Hall–Kier alpha value is -5.46. The van der Waals surface area contributed by atoms with Gasteiger partial charge in [-0.15, -0.1) is 0 Å². The maximum absolute atomic E-state index is 2.42. The van der Waals surface area contributed by atoms with Crippen molar-refractivity contribution in [1.82, 2.24) is 0 Å². The number of rotatable bonds is 4. The first-order chi connectivity index (χ1) is 20.9. The minimum absolute atomic E-state index is 1.22. The normalized spacial score (nSPS) is 11.3. The van der Waals surface area contributed by atoms with E-state index in [1.807, 2.05) is 0 Å². The Morgan fingerprint density at radius 2 is 0.714 bits per heavy atom. The molecule has 0 amide bonds. The third-order valence-electron chi connectivity index (χ3n) is 8.47. The van der Waals surface area contributed by atoms with Crippen molar-refractivity contribution in [1.29, 1.82) is 0 Å². The van der Waals surface area contributed by atoms with Gasteiger partial charge in [-0.1, -0.05) is 164 Å². The van der Waals surface area contributed by atoms with Gasteiger partial charge in [0.25, 0.3) is 0 Å². The molecule has 196 valence electrons. The van der Waals surface area contributed by atoms with Crippen LogP contribution in [0.25, 0.3) is 76.8 Å². The van der Waals surface area contributed by atoms with Gasteiger partial charge in [0.2, 0.25) is 0 Å². The van der Waals surface area contributed by atoms with E-state index in [0.29, 0.717) is 0 Å². The molecule has 0 N–H and O–H groups in total. The summed E-state index contributed by atoms with van der Waals surface area (Å²) in [5.41, 5.74) is 10.0. The van der Waals surface area contributed by atoms with Crippen molar-refractivity contribution in [2.75, 3.05) is 0 Å². The lowest BCUT2D eigenvalue weighted by Gasteiger charge is -2.19. The summed E-state index contributed by atoms with van der Waals surface area (Å²) >= 11 is 0. The highest BCUT2D eigenvalue weighted by Crippen LogP contribution is 2.45. The molecule has 8 aromatic rings. The fourth-order valence-electron chi connectivity index (χ4n) is 6.61. The van der Waals surface area contributed by atoms with Gasteiger partial charge in [-0.25, -0.2) is 0 Å². The van der Waals surface area contributed by atoms with Crippen LogP contribution in [-0.2, 0) is 0 Å². The number of hydrogen-bond acceptors (Lipinski definition) is 0. The number of benzene rings is 8. The van der Waals surface area contributed by atoms with Crippen molar-refractivity contribution in [3.8, 4) is 44.5 Å². The van der Waals surface area contributed by atoms with Crippen LogP contribution in [0.15, 0.2) is 170 Å². The number of hydrogen-bond donors (Lipinski definition) is 0. The molecule has 8 aromatic carbocycles. The standard InChI is InChI=1S/C42H28/c1-3-15-30(16-4-1)41-37-23-11-12-24-38(37)42(31-17-5-2-6-18-31)40-28-32(26-27-39(40)41)34-21-9-10-22-35(34)36-25-13-19-29-14-7-8-20-33(29)36/h1-28H. The molecule has 0 aromatic heterocycles. The van der Waals surface area contributed by atoms with Gasteiger partial charge in [-0.05, 0) is 82.9 Å². The average molecular weight is 533 g/mol. The molecule has 0 aliphatic rings. The zero-order chi connectivity index (χ0) is 27.9. The van der Waals surface area contributed by atoms with Crippen LogP contribution in [0.2, 0.25) is 0 Å². The quantitative estimate of drug-likeness (QED) is 0.198. The molecular formula is C42H28. The van der Waals surface area contributed by atoms with Crippen LogP contribution < -0.4 is 0 Å². The highest BCUT2D eigenvalue weighted by atomic mass is 14.2. The summed E-state index contributed by atoms with van der Waals surface area (Å²) in [4.78, 5) is 0. The minimum atomic E-state index is 1.22. The Bertz CT molecular complexity index is 2220. The fraction of sp³-hybridized carbons (Fsp3) is 0. The van der Waals surface area contributed by atoms with Crippen LogP contribution in [0.1, 0.15) is 0 Å². The van der Waals surface area contributed by atoms with Crippen molar-refractivity contribution in [3.05, 3.63) is 170 Å². The largest absolute Gasteiger partial charge is 0.0622 e. The highest BCUT2D eigenvalue weighted by molar-refractivity contribution is 6.22. The molecule has 0 heteroatoms. The van der Waals surface area contributed by atoms with Crippen molar-refractivity contribution in [2.24, 2.45) is 0 Å². The molecule has 0 unspecified atom stereocenters. The van der Waals surface area contributed by atoms with Crippen LogP contribution in [-0.4, -0.2) is 0 Å². The lowest BCUT2D eigenvalue weighted by atomic mass is 9.84. The zero-order valence-electron chi connectivity index (χ0n) is 23.2. The molecule has 0 heterocycles. The van der Waals surface area contributed by atoms with E-state index in [1.165, 1.54) is 76.8 Å². The summed E-state index contributed by atoms with van der Waals surface area (Å²) in [6.45, 7) is 0. The minimum Gasteiger partial charge on any atom is -0.0622 e. The second-order valence-corrected chi connectivity index (χ2v) is 10.9. The van der Waals surface area contributed by atoms with Gasteiger partial charge in [-0.3, -0.25) is 0 Å². The summed E-state index contributed by atoms with van der Waals surface area (Å²) < 4.78 is 0. The lowest BCUT2D eigenvalue weighted by Crippen LogP contribution is -1.92. The maximum atomic E-state index is 2.42. The zero-order valence-corrected chi connectivity index (χ0v) is 23.2. The van der Waals surface area contributed by atoms with Crippen LogP contribution >= 0.6 is 0 Å². The monoisotopic (exact) mass is 532 g/mol. The average Bonchev–Trinajstić information content (AvgIpc) is 3.07. The predicted octanol–water partition coefficient (Wildman–Crippen LogP) is 11.8. The lowest BCUT2D eigenvalue weighted by molar-refractivity contribution is 1.61. The van der Waals surface area contributed by atoms with Crippen molar-refractivity contribution >= 4 is 32.3 Å². The first-order valence-corrected chi connectivity index (χ1v) is 14.5. The van der Waals surface area contributed by atoms with E-state index in [1.54, 1.807) is 0 Å². The first-order valence-electron chi connectivity index (χ1n) is 14.5. The van der Waals surface area contributed by atoms with E-state index in [2.05, 4.69) is 170 Å². The molecule has 0 bridgehead atoms. The molecule has 0 saturated heterocycles. The molecule has 0 fully saturated rings.